The van der Waals surface area contributed by atoms with E-state index >= 15 is 0 Å². The maximum absolute atomic E-state index is 14.5. The summed E-state index contributed by atoms with van der Waals surface area (Å²) in [4.78, 5) is 12.6. The average molecular weight is 341 g/mol. The standard InChI is InChI=1S/C21H24FNO2/c1-15(21(24)23(25)18-10-6-3-7-11-18)17-12-13-19(20(22)14-17)16-8-4-2-5-9-16/h2,4-5,8-9,12-15,18,25H,3,6-7,10-11H2,1H3. The summed E-state index contributed by atoms with van der Waals surface area (Å²) in [6.45, 7) is 1.71. The highest BCUT2D eigenvalue weighted by Gasteiger charge is 2.28. The van der Waals surface area contributed by atoms with Crippen LogP contribution in [0, 0.1) is 5.82 Å². The molecule has 2 aromatic rings. The first-order valence-corrected chi connectivity index (χ1v) is 8.94. The summed E-state index contributed by atoms with van der Waals surface area (Å²) in [5.41, 5.74) is 1.89. The second-order valence-corrected chi connectivity index (χ2v) is 6.80. The number of benzene rings is 2. The Labute approximate surface area is 148 Å². The SMILES string of the molecule is CC(C(=O)N(O)C1CCCCC1)c1ccc(-c2ccccc2)c(F)c1. The van der Waals surface area contributed by atoms with E-state index in [-0.39, 0.29) is 17.8 Å². The van der Waals surface area contributed by atoms with Crippen molar-refractivity contribution in [2.75, 3.05) is 0 Å². The second kappa shape index (κ2) is 7.79. The van der Waals surface area contributed by atoms with Crippen LogP contribution in [0.3, 0.4) is 0 Å². The van der Waals surface area contributed by atoms with Crippen LogP contribution in [0.2, 0.25) is 0 Å². The van der Waals surface area contributed by atoms with Gasteiger partial charge in [-0.2, -0.15) is 0 Å². The van der Waals surface area contributed by atoms with Gasteiger partial charge in [-0.15, -0.1) is 0 Å². The summed E-state index contributed by atoms with van der Waals surface area (Å²) < 4.78 is 14.5. The molecule has 1 aliphatic rings. The molecule has 1 aliphatic carbocycles. The van der Waals surface area contributed by atoms with Crippen LogP contribution in [0.5, 0.6) is 0 Å². The van der Waals surface area contributed by atoms with Gasteiger partial charge in [0.05, 0.1) is 12.0 Å². The third kappa shape index (κ3) is 3.90. The number of amides is 1. The number of carbonyl (C=O) groups is 1. The van der Waals surface area contributed by atoms with Gasteiger partial charge >= 0.3 is 0 Å². The summed E-state index contributed by atoms with van der Waals surface area (Å²) in [5.74, 6) is -1.30. The fourth-order valence-electron chi connectivity index (χ4n) is 3.50. The predicted molar refractivity (Wildman–Crippen MR) is 95.8 cm³/mol. The molecule has 25 heavy (non-hydrogen) atoms. The Morgan fingerprint density at radius 2 is 1.80 bits per heavy atom. The molecule has 3 rings (SSSR count). The third-order valence-electron chi connectivity index (χ3n) is 5.09. The Morgan fingerprint density at radius 1 is 1.12 bits per heavy atom. The van der Waals surface area contributed by atoms with Crippen molar-refractivity contribution in [1.29, 1.82) is 0 Å². The van der Waals surface area contributed by atoms with Crippen LogP contribution < -0.4 is 0 Å². The van der Waals surface area contributed by atoms with E-state index in [0.717, 1.165) is 42.7 Å². The van der Waals surface area contributed by atoms with Gasteiger partial charge in [0.25, 0.3) is 5.91 Å². The molecule has 1 fully saturated rings. The maximum Gasteiger partial charge on any atom is 0.253 e. The van der Waals surface area contributed by atoms with E-state index in [0.29, 0.717) is 11.1 Å². The first kappa shape index (κ1) is 17.6. The molecule has 0 radical (unpaired) electrons. The Kier molecular flexibility index (Phi) is 5.49. The van der Waals surface area contributed by atoms with Crippen molar-refractivity contribution in [3.05, 3.63) is 59.9 Å². The van der Waals surface area contributed by atoms with Gasteiger partial charge in [0.2, 0.25) is 0 Å². The third-order valence-corrected chi connectivity index (χ3v) is 5.09. The van der Waals surface area contributed by atoms with E-state index in [1.165, 1.54) is 6.07 Å². The zero-order chi connectivity index (χ0) is 17.8. The largest absolute Gasteiger partial charge is 0.286 e. The van der Waals surface area contributed by atoms with E-state index in [4.69, 9.17) is 0 Å². The number of hydrogen-bond acceptors (Lipinski definition) is 2. The highest BCUT2D eigenvalue weighted by atomic mass is 19.1. The maximum atomic E-state index is 14.5. The minimum atomic E-state index is -0.578. The van der Waals surface area contributed by atoms with E-state index in [2.05, 4.69) is 0 Å². The van der Waals surface area contributed by atoms with Crippen molar-refractivity contribution in [1.82, 2.24) is 5.06 Å². The van der Waals surface area contributed by atoms with Crippen molar-refractivity contribution < 1.29 is 14.4 Å². The number of rotatable bonds is 4. The lowest BCUT2D eigenvalue weighted by Crippen LogP contribution is -2.41. The van der Waals surface area contributed by atoms with Gasteiger partial charge in [-0.05, 0) is 37.0 Å². The van der Waals surface area contributed by atoms with Crippen molar-refractivity contribution in [3.8, 4) is 11.1 Å². The molecule has 0 bridgehead atoms. The molecule has 0 aliphatic heterocycles. The highest BCUT2D eigenvalue weighted by Crippen LogP contribution is 2.28. The minimum Gasteiger partial charge on any atom is -0.286 e. The lowest BCUT2D eigenvalue weighted by atomic mass is 9.93. The predicted octanol–water partition coefficient (Wildman–Crippen LogP) is 5.15. The molecule has 1 atom stereocenters. The van der Waals surface area contributed by atoms with Crippen molar-refractivity contribution >= 4 is 5.91 Å². The number of halogens is 1. The minimum absolute atomic E-state index is 0.114. The first-order valence-electron chi connectivity index (χ1n) is 8.94. The summed E-state index contributed by atoms with van der Waals surface area (Å²) >= 11 is 0. The normalized spacial score (nSPS) is 16.4. The molecule has 0 aromatic heterocycles. The Balaban J connectivity index is 1.76. The number of hydrogen-bond donors (Lipinski definition) is 1. The van der Waals surface area contributed by atoms with Crippen LogP contribution in [0.25, 0.3) is 11.1 Å². The molecule has 0 heterocycles. The second-order valence-electron chi connectivity index (χ2n) is 6.80. The van der Waals surface area contributed by atoms with Gasteiger partial charge in [-0.25, -0.2) is 9.45 Å². The van der Waals surface area contributed by atoms with Gasteiger partial charge in [0, 0.05) is 5.56 Å². The molecule has 1 amide bonds. The molecule has 2 aromatic carbocycles. The quantitative estimate of drug-likeness (QED) is 0.617. The van der Waals surface area contributed by atoms with Crippen molar-refractivity contribution in [2.24, 2.45) is 0 Å². The molecule has 0 saturated heterocycles. The topological polar surface area (TPSA) is 40.5 Å². The summed E-state index contributed by atoms with van der Waals surface area (Å²) in [6, 6.07) is 14.1. The van der Waals surface area contributed by atoms with Crippen LogP contribution in [-0.2, 0) is 4.79 Å². The van der Waals surface area contributed by atoms with Crippen LogP contribution in [0.4, 0.5) is 4.39 Å². The lowest BCUT2D eigenvalue weighted by molar-refractivity contribution is -0.179. The van der Waals surface area contributed by atoms with Crippen LogP contribution in [0.1, 0.15) is 50.5 Å². The summed E-state index contributed by atoms with van der Waals surface area (Å²) in [6.07, 6.45) is 4.88. The number of carbonyl (C=O) groups excluding carboxylic acids is 1. The van der Waals surface area contributed by atoms with Crippen LogP contribution in [-0.4, -0.2) is 22.2 Å². The number of nitrogens with zero attached hydrogens (tertiary/aromatic N) is 1. The Hall–Kier alpha value is -2.20. The molecule has 132 valence electrons. The van der Waals surface area contributed by atoms with E-state index in [9.17, 15) is 14.4 Å². The van der Waals surface area contributed by atoms with Crippen LogP contribution >= 0.6 is 0 Å². The molecule has 0 spiro atoms. The molecular formula is C21H24FNO2. The lowest BCUT2D eigenvalue weighted by Gasteiger charge is -2.30. The fourth-order valence-corrected chi connectivity index (χ4v) is 3.50. The van der Waals surface area contributed by atoms with Crippen molar-refractivity contribution in [3.63, 3.8) is 0 Å². The molecule has 1 unspecified atom stereocenters. The molecule has 4 heteroatoms. The van der Waals surface area contributed by atoms with E-state index < -0.39 is 5.92 Å². The summed E-state index contributed by atoms with van der Waals surface area (Å²) in [5, 5.41) is 11.1. The van der Waals surface area contributed by atoms with Crippen molar-refractivity contribution in [2.45, 2.75) is 51.0 Å². The molecule has 1 saturated carbocycles. The van der Waals surface area contributed by atoms with Gasteiger partial charge < -0.3 is 0 Å². The number of hydroxylamine groups is 2. The highest BCUT2D eigenvalue weighted by molar-refractivity contribution is 5.83. The monoisotopic (exact) mass is 341 g/mol. The smallest absolute Gasteiger partial charge is 0.253 e. The zero-order valence-electron chi connectivity index (χ0n) is 14.5. The Bertz CT molecular complexity index is 726. The summed E-state index contributed by atoms with van der Waals surface area (Å²) in [7, 11) is 0. The molecular weight excluding hydrogens is 317 g/mol. The van der Waals surface area contributed by atoms with Crippen LogP contribution in [0.15, 0.2) is 48.5 Å². The van der Waals surface area contributed by atoms with Gasteiger partial charge in [0.15, 0.2) is 0 Å². The molecule has 1 N–H and O–H groups in total. The van der Waals surface area contributed by atoms with E-state index in [1.54, 1.807) is 19.1 Å². The van der Waals surface area contributed by atoms with Gasteiger partial charge in [-0.1, -0.05) is 61.7 Å². The fraction of sp³-hybridized carbons (Fsp3) is 0.381. The first-order chi connectivity index (χ1) is 12.1. The molecule has 3 nitrogen and oxygen atoms in total. The van der Waals surface area contributed by atoms with Gasteiger partial charge in [-0.3, -0.25) is 10.0 Å². The van der Waals surface area contributed by atoms with Gasteiger partial charge in [0.1, 0.15) is 5.82 Å². The van der Waals surface area contributed by atoms with E-state index in [1.807, 2.05) is 30.3 Å². The Morgan fingerprint density at radius 3 is 2.44 bits per heavy atom. The average Bonchev–Trinajstić information content (AvgIpc) is 2.67. The zero-order valence-corrected chi connectivity index (χ0v) is 14.5.